The average molecular weight is 297 g/mol. The SMILES string of the molecule is c1ccc(Oc2ccnc(NCCCC3CCCC3)n2)cc1. The van der Waals surface area contributed by atoms with Gasteiger partial charge >= 0.3 is 0 Å². The highest BCUT2D eigenvalue weighted by Gasteiger charge is 2.13. The minimum Gasteiger partial charge on any atom is -0.439 e. The molecule has 0 unspecified atom stereocenters. The number of hydrogen-bond acceptors (Lipinski definition) is 4. The first-order chi connectivity index (χ1) is 10.9. The van der Waals surface area contributed by atoms with Crippen molar-refractivity contribution in [3.05, 3.63) is 42.6 Å². The minimum absolute atomic E-state index is 0.569. The molecule has 0 spiro atoms. The highest BCUT2D eigenvalue weighted by molar-refractivity contribution is 5.31. The Kier molecular flexibility index (Phi) is 5.24. The Hall–Kier alpha value is -2.10. The molecule has 0 radical (unpaired) electrons. The molecule has 2 aromatic rings. The van der Waals surface area contributed by atoms with Gasteiger partial charge in [-0.05, 0) is 30.9 Å². The van der Waals surface area contributed by atoms with Crippen LogP contribution in [0.2, 0.25) is 0 Å². The van der Waals surface area contributed by atoms with Gasteiger partial charge in [0, 0.05) is 18.8 Å². The lowest BCUT2D eigenvalue weighted by atomic mass is 10.0. The van der Waals surface area contributed by atoms with E-state index in [-0.39, 0.29) is 0 Å². The number of para-hydroxylation sites is 1. The summed E-state index contributed by atoms with van der Waals surface area (Å²) >= 11 is 0. The zero-order valence-corrected chi connectivity index (χ0v) is 12.9. The number of nitrogens with zero attached hydrogens (tertiary/aromatic N) is 2. The van der Waals surface area contributed by atoms with Crippen LogP contribution in [0.4, 0.5) is 5.95 Å². The standard InChI is InChI=1S/C18H23N3O/c1-2-10-16(11-3-1)22-17-12-14-20-18(21-17)19-13-6-9-15-7-4-5-8-15/h1-3,10-12,14-15H,4-9,13H2,(H,19,20,21). The van der Waals surface area contributed by atoms with Crippen molar-refractivity contribution in [3.8, 4) is 11.6 Å². The van der Waals surface area contributed by atoms with E-state index in [1.807, 2.05) is 30.3 Å². The first-order valence-electron chi connectivity index (χ1n) is 8.20. The van der Waals surface area contributed by atoms with Crippen molar-refractivity contribution in [1.29, 1.82) is 0 Å². The molecule has 116 valence electrons. The van der Waals surface area contributed by atoms with Gasteiger partial charge < -0.3 is 10.1 Å². The highest BCUT2D eigenvalue weighted by Crippen LogP contribution is 2.28. The monoisotopic (exact) mass is 297 g/mol. The summed E-state index contributed by atoms with van der Waals surface area (Å²) in [6.07, 6.45) is 9.88. The Morgan fingerprint density at radius 3 is 2.73 bits per heavy atom. The van der Waals surface area contributed by atoms with Crippen molar-refractivity contribution in [2.45, 2.75) is 38.5 Å². The summed E-state index contributed by atoms with van der Waals surface area (Å²) in [5.41, 5.74) is 0. The normalized spacial score (nSPS) is 14.9. The number of aromatic nitrogens is 2. The molecule has 1 heterocycles. The van der Waals surface area contributed by atoms with Gasteiger partial charge in [-0.15, -0.1) is 0 Å². The summed E-state index contributed by atoms with van der Waals surface area (Å²) in [5.74, 6) is 2.93. The lowest BCUT2D eigenvalue weighted by Crippen LogP contribution is -2.07. The number of ether oxygens (including phenoxy) is 1. The Balaban J connectivity index is 1.46. The molecule has 0 amide bonds. The lowest BCUT2D eigenvalue weighted by Gasteiger charge is -2.10. The Labute approximate surface area is 132 Å². The van der Waals surface area contributed by atoms with Gasteiger partial charge in [0.15, 0.2) is 0 Å². The maximum Gasteiger partial charge on any atom is 0.225 e. The van der Waals surface area contributed by atoms with Crippen LogP contribution in [0.15, 0.2) is 42.6 Å². The summed E-state index contributed by atoms with van der Waals surface area (Å²) in [7, 11) is 0. The first-order valence-corrected chi connectivity index (χ1v) is 8.20. The predicted molar refractivity (Wildman–Crippen MR) is 88.2 cm³/mol. The van der Waals surface area contributed by atoms with Crippen LogP contribution in [-0.4, -0.2) is 16.5 Å². The maximum atomic E-state index is 5.72. The van der Waals surface area contributed by atoms with Gasteiger partial charge in [0.2, 0.25) is 11.8 Å². The summed E-state index contributed by atoms with van der Waals surface area (Å²) in [6, 6.07) is 11.5. The van der Waals surface area contributed by atoms with Gasteiger partial charge in [-0.1, -0.05) is 43.9 Å². The van der Waals surface area contributed by atoms with Crippen molar-refractivity contribution in [2.24, 2.45) is 5.92 Å². The number of anilines is 1. The van der Waals surface area contributed by atoms with Crippen LogP contribution in [0.3, 0.4) is 0 Å². The molecule has 1 aliphatic rings. The minimum atomic E-state index is 0.569. The van der Waals surface area contributed by atoms with E-state index in [0.717, 1.165) is 18.2 Å². The summed E-state index contributed by atoms with van der Waals surface area (Å²) < 4.78 is 5.72. The van der Waals surface area contributed by atoms with Crippen LogP contribution in [0.5, 0.6) is 11.6 Å². The molecule has 1 aromatic carbocycles. The van der Waals surface area contributed by atoms with Gasteiger partial charge in [-0.25, -0.2) is 4.98 Å². The van der Waals surface area contributed by atoms with E-state index in [9.17, 15) is 0 Å². The fraction of sp³-hybridized carbons (Fsp3) is 0.444. The van der Waals surface area contributed by atoms with E-state index < -0.39 is 0 Å². The van der Waals surface area contributed by atoms with Crippen LogP contribution in [-0.2, 0) is 0 Å². The van der Waals surface area contributed by atoms with Crippen LogP contribution in [0.25, 0.3) is 0 Å². The number of nitrogens with one attached hydrogen (secondary N) is 1. The lowest BCUT2D eigenvalue weighted by molar-refractivity contribution is 0.462. The van der Waals surface area contributed by atoms with Crippen LogP contribution >= 0.6 is 0 Å². The van der Waals surface area contributed by atoms with Crippen molar-refractivity contribution in [2.75, 3.05) is 11.9 Å². The molecule has 1 aromatic heterocycles. The molecule has 1 aliphatic carbocycles. The number of hydrogen-bond donors (Lipinski definition) is 1. The fourth-order valence-corrected chi connectivity index (χ4v) is 2.98. The zero-order valence-electron chi connectivity index (χ0n) is 12.9. The zero-order chi connectivity index (χ0) is 15.0. The van der Waals surface area contributed by atoms with Gasteiger partial charge in [0.05, 0.1) is 0 Å². The highest BCUT2D eigenvalue weighted by atomic mass is 16.5. The van der Waals surface area contributed by atoms with Crippen molar-refractivity contribution >= 4 is 5.95 Å². The van der Waals surface area contributed by atoms with Gasteiger partial charge in [-0.3, -0.25) is 0 Å². The number of rotatable bonds is 7. The maximum absolute atomic E-state index is 5.72. The Morgan fingerprint density at radius 2 is 1.91 bits per heavy atom. The molecule has 1 N–H and O–H groups in total. The molecule has 0 aliphatic heterocycles. The third kappa shape index (κ3) is 4.45. The topological polar surface area (TPSA) is 47.0 Å². The Morgan fingerprint density at radius 1 is 1.09 bits per heavy atom. The van der Waals surface area contributed by atoms with Crippen molar-refractivity contribution < 1.29 is 4.74 Å². The molecule has 1 fully saturated rings. The quantitative estimate of drug-likeness (QED) is 0.756. The van der Waals surface area contributed by atoms with E-state index in [2.05, 4.69) is 15.3 Å². The molecule has 3 rings (SSSR count). The molecular formula is C18H23N3O. The van der Waals surface area contributed by atoms with Crippen LogP contribution < -0.4 is 10.1 Å². The molecule has 4 nitrogen and oxygen atoms in total. The summed E-state index contributed by atoms with van der Waals surface area (Å²) in [5, 5.41) is 3.29. The van der Waals surface area contributed by atoms with E-state index in [4.69, 9.17) is 4.74 Å². The van der Waals surface area contributed by atoms with E-state index in [0.29, 0.717) is 11.8 Å². The average Bonchev–Trinajstić information content (AvgIpc) is 3.06. The largest absolute Gasteiger partial charge is 0.439 e. The molecular weight excluding hydrogens is 274 g/mol. The third-order valence-corrected chi connectivity index (χ3v) is 4.14. The Bertz CT molecular complexity index is 568. The third-order valence-electron chi connectivity index (χ3n) is 4.14. The molecule has 0 bridgehead atoms. The van der Waals surface area contributed by atoms with Crippen LogP contribution in [0.1, 0.15) is 38.5 Å². The molecule has 1 saturated carbocycles. The second-order valence-electron chi connectivity index (χ2n) is 5.85. The second kappa shape index (κ2) is 7.78. The van der Waals surface area contributed by atoms with Gasteiger partial charge in [0.25, 0.3) is 0 Å². The predicted octanol–water partition coefficient (Wildman–Crippen LogP) is 4.65. The van der Waals surface area contributed by atoms with E-state index in [1.165, 1.54) is 38.5 Å². The van der Waals surface area contributed by atoms with E-state index in [1.54, 1.807) is 12.3 Å². The van der Waals surface area contributed by atoms with Crippen molar-refractivity contribution in [3.63, 3.8) is 0 Å². The van der Waals surface area contributed by atoms with Crippen LogP contribution in [0, 0.1) is 5.92 Å². The molecule has 4 heteroatoms. The second-order valence-corrected chi connectivity index (χ2v) is 5.85. The van der Waals surface area contributed by atoms with E-state index >= 15 is 0 Å². The van der Waals surface area contributed by atoms with Gasteiger partial charge in [-0.2, -0.15) is 4.98 Å². The summed E-state index contributed by atoms with van der Waals surface area (Å²) in [6.45, 7) is 0.922. The molecule has 0 saturated heterocycles. The van der Waals surface area contributed by atoms with Gasteiger partial charge in [0.1, 0.15) is 5.75 Å². The molecule has 0 atom stereocenters. The summed E-state index contributed by atoms with van der Waals surface area (Å²) in [4.78, 5) is 8.64. The smallest absolute Gasteiger partial charge is 0.225 e. The fourth-order valence-electron chi connectivity index (χ4n) is 2.98. The van der Waals surface area contributed by atoms with Crippen molar-refractivity contribution in [1.82, 2.24) is 9.97 Å². The number of benzene rings is 1. The molecule has 22 heavy (non-hydrogen) atoms. The first kappa shape index (κ1) is 14.8.